The largest absolute Gasteiger partial charge is 0.382 e. The molecule has 1 atom stereocenters. The second-order valence-corrected chi connectivity index (χ2v) is 8.94. The van der Waals surface area contributed by atoms with E-state index in [0.29, 0.717) is 17.4 Å². The zero-order valence-corrected chi connectivity index (χ0v) is 13.9. The Morgan fingerprint density at radius 1 is 1.21 bits per heavy atom. The van der Waals surface area contributed by atoms with Gasteiger partial charge in [-0.25, -0.2) is 26.0 Å². The normalized spacial score (nSPS) is 20.0. The molecule has 2 aromatic rings. The Labute approximate surface area is 139 Å². The number of benzene rings is 1. The Bertz CT molecular complexity index is 899. The zero-order chi connectivity index (χ0) is 17.9. The van der Waals surface area contributed by atoms with Crippen LogP contribution in [0.3, 0.4) is 0 Å². The van der Waals surface area contributed by atoms with Gasteiger partial charge in [0.15, 0.2) is 9.84 Å². The van der Waals surface area contributed by atoms with E-state index in [1.54, 1.807) is 0 Å². The predicted molar refractivity (Wildman–Crippen MR) is 81.0 cm³/mol. The molecule has 3 nitrogen and oxygen atoms in total. The molecule has 1 aliphatic rings. The van der Waals surface area contributed by atoms with Crippen molar-refractivity contribution in [3.05, 3.63) is 41.0 Å². The fourth-order valence-electron chi connectivity index (χ4n) is 2.81. The number of hydrogen-bond acceptors (Lipinski definition) is 4. The molecule has 24 heavy (non-hydrogen) atoms. The van der Waals surface area contributed by atoms with Gasteiger partial charge >= 0.3 is 0 Å². The molecule has 0 bridgehead atoms. The van der Waals surface area contributed by atoms with Crippen LogP contribution in [-0.2, 0) is 16.3 Å². The van der Waals surface area contributed by atoms with Crippen molar-refractivity contribution in [2.24, 2.45) is 0 Å². The number of alkyl halides is 2. The Morgan fingerprint density at radius 3 is 2.33 bits per heavy atom. The predicted octanol–water partition coefficient (Wildman–Crippen LogP) is 3.71. The van der Waals surface area contributed by atoms with Crippen LogP contribution in [0.1, 0.15) is 23.7 Å². The van der Waals surface area contributed by atoms with Crippen LogP contribution in [0, 0.1) is 11.6 Å². The van der Waals surface area contributed by atoms with Crippen LogP contribution in [0.15, 0.2) is 22.4 Å². The number of hydrogen-bond donors (Lipinski definition) is 1. The number of sulfone groups is 1. The summed E-state index contributed by atoms with van der Waals surface area (Å²) in [5.74, 6) is -5.19. The molecule has 1 aromatic heterocycles. The van der Waals surface area contributed by atoms with Crippen LogP contribution in [0.25, 0.3) is 10.4 Å². The van der Waals surface area contributed by atoms with Crippen molar-refractivity contribution >= 4 is 21.2 Å². The maximum absolute atomic E-state index is 13.8. The SMILES string of the molecule is CS(=O)(=O)c1sc(-c2cc(F)cc(F)c2)c2c1[C@H](O)C(F)(F)CC2. The number of thiophene rings is 1. The average Bonchev–Trinajstić information content (AvgIpc) is 2.82. The quantitative estimate of drug-likeness (QED) is 0.808. The summed E-state index contributed by atoms with van der Waals surface area (Å²) in [6.07, 6.45) is -2.30. The van der Waals surface area contributed by atoms with Gasteiger partial charge in [-0.1, -0.05) is 0 Å². The highest BCUT2D eigenvalue weighted by Gasteiger charge is 2.47. The van der Waals surface area contributed by atoms with Gasteiger partial charge in [0.2, 0.25) is 0 Å². The van der Waals surface area contributed by atoms with Crippen LogP contribution in [0.2, 0.25) is 0 Å². The molecule has 0 radical (unpaired) electrons. The lowest BCUT2D eigenvalue weighted by Crippen LogP contribution is -2.32. The lowest BCUT2D eigenvalue weighted by atomic mass is 9.87. The van der Waals surface area contributed by atoms with E-state index in [1.165, 1.54) is 0 Å². The molecule has 1 N–H and O–H groups in total. The molecule has 130 valence electrons. The van der Waals surface area contributed by atoms with Crippen molar-refractivity contribution in [1.29, 1.82) is 0 Å². The van der Waals surface area contributed by atoms with Crippen LogP contribution in [-0.4, -0.2) is 25.7 Å². The van der Waals surface area contributed by atoms with Crippen molar-refractivity contribution in [3.8, 4) is 10.4 Å². The van der Waals surface area contributed by atoms with Gasteiger partial charge in [0.05, 0.1) is 0 Å². The third kappa shape index (κ3) is 2.84. The lowest BCUT2D eigenvalue weighted by Gasteiger charge is -2.29. The summed E-state index contributed by atoms with van der Waals surface area (Å²) in [5.41, 5.74) is -0.108. The van der Waals surface area contributed by atoms with Crippen molar-refractivity contribution in [2.75, 3.05) is 6.26 Å². The first-order chi connectivity index (χ1) is 11.0. The highest BCUT2D eigenvalue weighted by Crippen LogP contribution is 2.51. The number of aliphatic hydroxyl groups excluding tert-OH is 1. The Kier molecular flexibility index (Phi) is 4.01. The number of halogens is 4. The van der Waals surface area contributed by atoms with Crippen LogP contribution >= 0.6 is 11.3 Å². The minimum atomic E-state index is -3.90. The molecular weight excluding hydrogens is 368 g/mol. The van der Waals surface area contributed by atoms with E-state index < -0.39 is 44.1 Å². The van der Waals surface area contributed by atoms with Crippen molar-refractivity contribution in [2.45, 2.75) is 29.1 Å². The molecule has 1 aromatic carbocycles. The van der Waals surface area contributed by atoms with E-state index in [9.17, 15) is 31.1 Å². The van der Waals surface area contributed by atoms with E-state index in [1.807, 2.05) is 0 Å². The van der Waals surface area contributed by atoms with Gasteiger partial charge in [0.25, 0.3) is 5.92 Å². The van der Waals surface area contributed by atoms with Gasteiger partial charge in [-0.15, -0.1) is 11.3 Å². The Hall–Kier alpha value is -1.45. The Morgan fingerprint density at radius 2 is 1.79 bits per heavy atom. The fourth-order valence-corrected chi connectivity index (χ4v) is 5.40. The first kappa shape index (κ1) is 17.4. The number of rotatable bonds is 2. The molecule has 0 unspecified atom stereocenters. The fraction of sp³-hybridized carbons (Fsp3) is 0.333. The van der Waals surface area contributed by atoms with E-state index in [2.05, 4.69) is 0 Å². The van der Waals surface area contributed by atoms with Gasteiger partial charge in [0.1, 0.15) is 21.9 Å². The highest BCUT2D eigenvalue weighted by atomic mass is 32.2. The molecule has 0 fully saturated rings. The molecule has 9 heteroatoms. The molecule has 0 spiro atoms. The summed E-state index contributed by atoms with van der Waals surface area (Å²) in [6.45, 7) is 0. The van der Waals surface area contributed by atoms with Crippen LogP contribution in [0.5, 0.6) is 0 Å². The summed E-state index contributed by atoms with van der Waals surface area (Å²) >= 11 is 0.643. The van der Waals surface area contributed by atoms with E-state index >= 15 is 0 Å². The number of fused-ring (bicyclic) bond motifs is 1. The van der Waals surface area contributed by atoms with Crippen LogP contribution < -0.4 is 0 Å². The molecule has 3 rings (SSSR count). The minimum absolute atomic E-state index is 0.0565. The summed E-state index contributed by atoms with van der Waals surface area (Å²) in [5, 5.41) is 9.95. The van der Waals surface area contributed by atoms with Gasteiger partial charge in [0, 0.05) is 29.2 Å². The van der Waals surface area contributed by atoms with Gasteiger partial charge in [-0.3, -0.25) is 0 Å². The monoisotopic (exact) mass is 380 g/mol. The van der Waals surface area contributed by atoms with Gasteiger partial charge in [-0.2, -0.15) is 0 Å². The molecule has 1 aliphatic carbocycles. The summed E-state index contributed by atoms with van der Waals surface area (Å²) in [7, 11) is -3.90. The first-order valence-corrected chi connectivity index (χ1v) is 9.59. The van der Waals surface area contributed by atoms with Crippen molar-refractivity contribution in [3.63, 3.8) is 0 Å². The second-order valence-electron chi connectivity index (χ2n) is 5.70. The molecular formula is C15H12F4O3S2. The van der Waals surface area contributed by atoms with Crippen molar-refractivity contribution in [1.82, 2.24) is 0 Å². The smallest absolute Gasteiger partial charge is 0.277 e. The number of aliphatic hydroxyl groups is 1. The Balaban J connectivity index is 2.31. The molecule has 0 amide bonds. The topological polar surface area (TPSA) is 54.4 Å². The van der Waals surface area contributed by atoms with Crippen LogP contribution in [0.4, 0.5) is 17.6 Å². The highest BCUT2D eigenvalue weighted by molar-refractivity contribution is 7.92. The second kappa shape index (κ2) is 5.53. The van der Waals surface area contributed by atoms with Crippen molar-refractivity contribution < 1.29 is 31.1 Å². The summed E-state index contributed by atoms with van der Waals surface area (Å²) in [4.78, 5) is 0.179. The summed E-state index contributed by atoms with van der Waals surface area (Å²) in [6, 6.07) is 2.66. The average molecular weight is 380 g/mol. The first-order valence-electron chi connectivity index (χ1n) is 6.88. The lowest BCUT2D eigenvalue weighted by molar-refractivity contribution is -0.122. The van der Waals surface area contributed by atoms with Gasteiger partial charge < -0.3 is 5.11 Å². The third-order valence-corrected chi connectivity index (χ3v) is 7.00. The standard InChI is InChI=1S/C15H12F4O3S2/c1-24(21,22)14-11-10(2-3-15(18,19)13(11)20)12(23-14)7-4-8(16)6-9(17)5-7/h4-6,13,20H,2-3H2,1H3/t13-/m0/s1. The zero-order valence-electron chi connectivity index (χ0n) is 12.3. The van der Waals surface area contributed by atoms with E-state index in [4.69, 9.17) is 0 Å². The third-order valence-electron chi connectivity index (χ3n) is 3.86. The van der Waals surface area contributed by atoms with E-state index in [-0.39, 0.29) is 28.0 Å². The summed E-state index contributed by atoms with van der Waals surface area (Å²) < 4.78 is 78.1. The maximum Gasteiger partial charge on any atom is 0.277 e. The molecule has 0 aliphatic heterocycles. The maximum atomic E-state index is 13.8. The van der Waals surface area contributed by atoms with Gasteiger partial charge in [-0.05, 0) is 29.7 Å². The minimum Gasteiger partial charge on any atom is -0.382 e. The molecule has 0 saturated heterocycles. The molecule has 1 heterocycles. The van der Waals surface area contributed by atoms with E-state index in [0.717, 1.165) is 18.4 Å². The molecule has 0 saturated carbocycles.